The molecule has 16 heavy (non-hydrogen) atoms. The van der Waals surface area contributed by atoms with Crippen molar-refractivity contribution in [1.29, 1.82) is 5.26 Å². The number of nitrogens with two attached hydrogens (primary N) is 1. The smallest absolute Gasteiger partial charge is 0.275 e. The standard InChI is InChI=1S/C12H9N3O/c13-8-10-11(14)6-7-15(12(10)16)9-4-2-1-3-5-9/h1-7H,14H2. The predicted molar refractivity (Wildman–Crippen MR) is 61.2 cm³/mol. The van der Waals surface area contributed by atoms with E-state index in [9.17, 15) is 4.79 Å². The van der Waals surface area contributed by atoms with Crippen LogP contribution in [0.5, 0.6) is 0 Å². The van der Waals surface area contributed by atoms with Gasteiger partial charge in [-0.05, 0) is 18.2 Å². The predicted octanol–water partition coefficient (Wildman–Crippen LogP) is 1.29. The van der Waals surface area contributed by atoms with E-state index < -0.39 is 5.56 Å². The Balaban J connectivity index is 2.71. The van der Waals surface area contributed by atoms with Crippen LogP contribution < -0.4 is 11.3 Å². The van der Waals surface area contributed by atoms with Crippen molar-refractivity contribution >= 4 is 5.69 Å². The lowest BCUT2D eigenvalue weighted by atomic mass is 10.2. The number of rotatable bonds is 1. The molecule has 0 saturated heterocycles. The number of nitrogen functional groups attached to an aromatic ring is 1. The summed E-state index contributed by atoms with van der Waals surface area (Å²) in [5.41, 5.74) is 6.05. The highest BCUT2D eigenvalue weighted by Gasteiger charge is 2.07. The highest BCUT2D eigenvalue weighted by atomic mass is 16.1. The van der Waals surface area contributed by atoms with Gasteiger partial charge in [-0.2, -0.15) is 5.26 Å². The van der Waals surface area contributed by atoms with E-state index in [2.05, 4.69) is 0 Å². The largest absolute Gasteiger partial charge is 0.397 e. The number of hydrogen-bond donors (Lipinski definition) is 1. The second-order valence-electron chi connectivity index (χ2n) is 3.27. The Kier molecular flexibility index (Phi) is 2.44. The van der Waals surface area contributed by atoms with E-state index in [1.54, 1.807) is 24.4 Å². The summed E-state index contributed by atoms with van der Waals surface area (Å²) in [4.78, 5) is 11.9. The van der Waals surface area contributed by atoms with Gasteiger partial charge >= 0.3 is 0 Å². The van der Waals surface area contributed by atoms with E-state index in [0.717, 1.165) is 0 Å². The third kappa shape index (κ3) is 1.55. The van der Waals surface area contributed by atoms with Crippen LogP contribution in [0.25, 0.3) is 5.69 Å². The molecule has 4 heteroatoms. The summed E-state index contributed by atoms with van der Waals surface area (Å²) in [6, 6.07) is 12.5. The van der Waals surface area contributed by atoms with Crippen molar-refractivity contribution in [2.24, 2.45) is 0 Å². The minimum atomic E-state index is -0.395. The Morgan fingerprint density at radius 1 is 1.19 bits per heavy atom. The molecule has 0 unspecified atom stereocenters. The van der Waals surface area contributed by atoms with Gasteiger partial charge in [0.25, 0.3) is 5.56 Å². The Hall–Kier alpha value is -2.54. The maximum atomic E-state index is 11.9. The first-order chi connectivity index (χ1) is 7.74. The van der Waals surface area contributed by atoms with E-state index >= 15 is 0 Å². The molecule has 0 saturated carbocycles. The number of pyridine rings is 1. The molecule has 1 aromatic heterocycles. The van der Waals surface area contributed by atoms with Crippen molar-refractivity contribution in [3.8, 4) is 11.8 Å². The first-order valence-electron chi connectivity index (χ1n) is 4.70. The van der Waals surface area contributed by atoms with Gasteiger partial charge in [0.2, 0.25) is 0 Å². The quantitative estimate of drug-likeness (QED) is 0.772. The van der Waals surface area contributed by atoms with Crippen molar-refractivity contribution in [2.45, 2.75) is 0 Å². The van der Waals surface area contributed by atoms with Crippen LogP contribution in [0.2, 0.25) is 0 Å². The van der Waals surface area contributed by atoms with Gasteiger partial charge in [0.15, 0.2) is 0 Å². The molecule has 0 spiro atoms. The average Bonchev–Trinajstić information content (AvgIpc) is 2.31. The fraction of sp³-hybridized carbons (Fsp3) is 0. The number of para-hydroxylation sites is 1. The monoisotopic (exact) mass is 211 g/mol. The molecule has 1 aromatic carbocycles. The van der Waals surface area contributed by atoms with Gasteiger partial charge in [0.05, 0.1) is 5.69 Å². The van der Waals surface area contributed by atoms with E-state index in [-0.39, 0.29) is 11.3 Å². The summed E-state index contributed by atoms with van der Waals surface area (Å²) in [5.74, 6) is 0. The molecular formula is C12H9N3O. The van der Waals surface area contributed by atoms with Gasteiger partial charge in [-0.15, -0.1) is 0 Å². The van der Waals surface area contributed by atoms with E-state index in [4.69, 9.17) is 11.0 Å². The molecule has 0 amide bonds. The number of aromatic nitrogens is 1. The zero-order valence-corrected chi connectivity index (χ0v) is 8.42. The van der Waals surface area contributed by atoms with Gasteiger partial charge in [-0.25, -0.2) is 0 Å². The van der Waals surface area contributed by atoms with E-state index in [1.807, 2.05) is 24.3 Å². The lowest BCUT2D eigenvalue weighted by molar-refractivity contribution is 0.984. The van der Waals surface area contributed by atoms with Gasteiger partial charge in [0.1, 0.15) is 11.6 Å². The fourth-order valence-corrected chi connectivity index (χ4v) is 1.45. The molecule has 2 N–H and O–H groups in total. The maximum absolute atomic E-state index is 11.9. The van der Waals surface area contributed by atoms with Crippen molar-refractivity contribution in [1.82, 2.24) is 4.57 Å². The molecule has 0 fully saturated rings. The van der Waals surface area contributed by atoms with Gasteiger partial charge in [0, 0.05) is 11.9 Å². The Labute approximate surface area is 92.2 Å². The Morgan fingerprint density at radius 2 is 1.88 bits per heavy atom. The molecule has 4 nitrogen and oxygen atoms in total. The topological polar surface area (TPSA) is 71.8 Å². The van der Waals surface area contributed by atoms with Crippen LogP contribution in [-0.4, -0.2) is 4.57 Å². The number of nitrogens with zero attached hydrogens (tertiary/aromatic N) is 2. The second-order valence-corrected chi connectivity index (χ2v) is 3.27. The van der Waals surface area contributed by atoms with E-state index in [0.29, 0.717) is 5.69 Å². The lowest BCUT2D eigenvalue weighted by Crippen LogP contribution is -2.21. The highest BCUT2D eigenvalue weighted by molar-refractivity contribution is 5.53. The van der Waals surface area contributed by atoms with E-state index in [1.165, 1.54) is 4.57 Å². The summed E-state index contributed by atoms with van der Waals surface area (Å²) in [5, 5.41) is 8.83. The molecule has 2 aromatic rings. The van der Waals surface area contributed by atoms with Crippen molar-refractivity contribution in [2.75, 3.05) is 5.73 Å². The van der Waals surface area contributed by atoms with Crippen molar-refractivity contribution < 1.29 is 0 Å². The number of hydrogen-bond acceptors (Lipinski definition) is 3. The summed E-state index contributed by atoms with van der Waals surface area (Å²) in [7, 11) is 0. The molecule has 1 heterocycles. The third-order valence-corrected chi connectivity index (χ3v) is 2.27. The summed E-state index contributed by atoms with van der Waals surface area (Å²) in [6.45, 7) is 0. The number of nitriles is 1. The van der Waals surface area contributed by atoms with Gasteiger partial charge < -0.3 is 5.73 Å². The van der Waals surface area contributed by atoms with Crippen LogP contribution in [0.15, 0.2) is 47.4 Å². The van der Waals surface area contributed by atoms with Gasteiger partial charge in [-0.3, -0.25) is 9.36 Å². The van der Waals surface area contributed by atoms with Gasteiger partial charge in [-0.1, -0.05) is 18.2 Å². The minimum absolute atomic E-state index is 0.0219. The second kappa shape index (κ2) is 3.91. The lowest BCUT2D eigenvalue weighted by Gasteiger charge is -2.06. The van der Waals surface area contributed by atoms with Crippen LogP contribution in [0.4, 0.5) is 5.69 Å². The van der Waals surface area contributed by atoms with Crippen LogP contribution in [-0.2, 0) is 0 Å². The highest BCUT2D eigenvalue weighted by Crippen LogP contribution is 2.08. The summed E-state index contributed by atoms with van der Waals surface area (Å²) >= 11 is 0. The van der Waals surface area contributed by atoms with Crippen LogP contribution in [0.1, 0.15) is 5.56 Å². The molecule has 78 valence electrons. The molecule has 0 aliphatic rings. The first-order valence-corrected chi connectivity index (χ1v) is 4.70. The molecule has 0 aliphatic heterocycles. The normalized spacial score (nSPS) is 9.69. The summed E-state index contributed by atoms with van der Waals surface area (Å²) in [6.07, 6.45) is 1.56. The minimum Gasteiger partial charge on any atom is -0.397 e. The van der Waals surface area contributed by atoms with Crippen molar-refractivity contribution in [3.63, 3.8) is 0 Å². The molecule has 0 atom stereocenters. The van der Waals surface area contributed by atoms with Crippen molar-refractivity contribution in [3.05, 3.63) is 58.5 Å². The van der Waals surface area contributed by atoms with Crippen LogP contribution in [0, 0.1) is 11.3 Å². The molecule has 0 aliphatic carbocycles. The van der Waals surface area contributed by atoms with Crippen LogP contribution >= 0.6 is 0 Å². The third-order valence-electron chi connectivity index (χ3n) is 2.27. The SMILES string of the molecule is N#Cc1c(N)ccn(-c2ccccc2)c1=O. The molecule has 0 radical (unpaired) electrons. The molecular weight excluding hydrogens is 202 g/mol. The Bertz CT molecular complexity index is 608. The average molecular weight is 211 g/mol. The Morgan fingerprint density at radius 3 is 2.50 bits per heavy atom. The molecule has 0 bridgehead atoms. The maximum Gasteiger partial charge on any atom is 0.275 e. The zero-order chi connectivity index (χ0) is 11.5. The molecule has 2 rings (SSSR count). The van der Waals surface area contributed by atoms with Crippen LogP contribution in [0.3, 0.4) is 0 Å². The summed E-state index contributed by atoms with van der Waals surface area (Å²) < 4.78 is 1.40. The fourth-order valence-electron chi connectivity index (χ4n) is 1.45. The first kappa shape index (κ1) is 9.99. The number of anilines is 1. The zero-order valence-electron chi connectivity index (χ0n) is 8.42. The number of benzene rings is 1.